The van der Waals surface area contributed by atoms with Gasteiger partial charge in [0.1, 0.15) is 0 Å². The van der Waals surface area contributed by atoms with Crippen LogP contribution in [0.2, 0.25) is 0 Å². The molecule has 0 aromatic rings. The molecule has 0 aliphatic rings. The van der Waals surface area contributed by atoms with Gasteiger partial charge in [0, 0.05) is 0 Å². The highest BCUT2D eigenvalue weighted by atomic mass is 31.2. The second-order valence-corrected chi connectivity index (χ2v) is 6.86. The maximum atomic E-state index is 8.73. The zero-order valence-electron chi connectivity index (χ0n) is 11.9. The zero-order valence-corrected chi connectivity index (χ0v) is 12.8. The molecule has 0 saturated heterocycles. The molecule has 0 fully saturated rings. The molecule has 0 aromatic carbocycles. The Morgan fingerprint density at radius 2 is 1.82 bits per heavy atom. The van der Waals surface area contributed by atoms with E-state index in [4.69, 9.17) is 14.3 Å². The van der Waals surface area contributed by atoms with E-state index in [1.165, 1.54) is 19.3 Å². The molecule has 0 amide bonds. The van der Waals surface area contributed by atoms with Crippen LogP contribution in [0.25, 0.3) is 0 Å². The van der Waals surface area contributed by atoms with Crippen LogP contribution in [0.3, 0.4) is 0 Å². The van der Waals surface area contributed by atoms with Crippen LogP contribution < -0.4 is 0 Å². The molecule has 0 aromatic heterocycles. The Bertz CT molecular complexity index is 190. The monoisotopic (exact) mass is 264 g/mol. The quantitative estimate of drug-likeness (QED) is 0.649. The summed E-state index contributed by atoms with van der Waals surface area (Å²) in [5, 5.41) is 0. The summed E-state index contributed by atoms with van der Waals surface area (Å²) in [6.45, 7) is 11.6. The van der Waals surface area contributed by atoms with Gasteiger partial charge in [-0.25, -0.2) is 0 Å². The van der Waals surface area contributed by atoms with Gasteiger partial charge in [0.05, 0.1) is 6.61 Å². The summed E-state index contributed by atoms with van der Waals surface area (Å²) in [4.78, 5) is 17.5. The van der Waals surface area contributed by atoms with Gasteiger partial charge in [-0.15, -0.1) is 0 Å². The number of hydrogen-bond acceptors (Lipinski definition) is 3. The fourth-order valence-corrected chi connectivity index (χ4v) is 2.49. The van der Waals surface area contributed by atoms with E-state index < -0.39 is 8.60 Å². The summed E-state index contributed by atoms with van der Waals surface area (Å²) in [5.74, 6) is 1.05. The summed E-state index contributed by atoms with van der Waals surface area (Å²) in [7, 11) is -2.20. The van der Waals surface area contributed by atoms with Crippen molar-refractivity contribution in [3.8, 4) is 0 Å². The van der Waals surface area contributed by atoms with E-state index in [0.29, 0.717) is 23.9 Å². The van der Waals surface area contributed by atoms with Gasteiger partial charge in [0.15, 0.2) is 0 Å². The molecular formula is C13H29O3P. The first-order valence-corrected chi connectivity index (χ1v) is 7.74. The Kier molecular flexibility index (Phi) is 8.57. The van der Waals surface area contributed by atoms with Crippen molar-refractivity contribution in [3.63, 3.8) is 0 Å². The smallest absolute Gasteiger partial charge is 0.327 e. The second-order valence-electron chi connectivity index (χ2n) is 6.09. The summed E-state index contributed by atoms with van der Waals surface area (Å²) in [5.41, 5.74) is 0.312. The molecule has 0 radical (unpaired) electrons. The minimum atomic E-state index is -2.20. The molecule has 2 unspecified atom stereocenters. The first kappa shape index (κ1) is 17.3. The molecule has 0 heterocycles. The molecule has 0 aliphatic carbocycles. The maximum absolute atomic E-state index is 8.73. The Hall–Kier alpha value is 0.310. The van der Waals surface area contributed by atoms with Crippen molar-refractivity contribution in [3.05, 3.63) is 0 Å². The Morgan fingerprint density at radius 1 is 1.24 bits per heavy atom. The van der Waals surface area contributed by atoms with E-state index in [1.807, 2.05) is 0 Å². The molecule has 3 nitrogen and oxygen atoms in total. The van der Waals surface area contributed by atoms with Crippen LogP contribution in [0.4, 0.5) is 0 Å². The molecule has 0 saturated carbocycles. The lowest BCUT2D eigenvalue weighted by Crippen LogP contribution is -2.24. The van der Waals surface area contributed by atoms with Gasteiger partial charge in [-0.2, -0.15) is 0 Å². The van der Waals surface area contributed by atoms with Gasteiger partial charge in [-0.3, -0.25) is 0 Å². The zero-order chi connectivity index (χ0) is 13.5. The molecule has 2 N–H and O–H groups in total. The van der Waals surface area contributed by atoms with E-state index in [2.05, 4.69) is 34.6 Å². The van der Waals surface area contributed by atoms with Gasteiger partial charge in [-0.05, 0) is 30.1 Å². The fraction of sp³-hybridized carbons (Fsp3) is 1.00. The van der Waals surface area contributed by atoms with Crippen molar-refractivity contribution in [2.24, 2.45) is 17.3 Å². The molecule has 0 aliphatic heterocycles. The minimum Gasteiger partial charge on any atom is -0.328 e. The molecule has 4 heteroatoms. The fourth-order valence-electron chi connectivity index (χ4n) is 2.10. The number of rotatable bonds is 8. The van der Waals surface area contributed by atoms with Gasteiger partial charge >= 0.3 is 8.60 Å². The van der Waals surface area contributed by atoms with Crippen molar-refractivity contribution in [1.82, 2.24) is 0 Å². The van der Waals surface area contributed by atoms with E-state index in [-0.39, 0.29) is 0 Å². The van der Waals surface area contributed by atoms with Crippen LogP contribution >= 0.6 is 8.60 Å². The van der Waals surface area contributed by atoms with Crippen molar-refractivity contribution in [1.29, 1.82) is 0 Å². The number of hydrogen-bond donors (Lipinski definition) is 2. The van der Waals surface area contributed by atoms with Crippen molar-refractivity contribution < 1.29 is 14.3 Å². The third kappa shape index (κ3) is 8.96. The van der Waals surface area contributed by atoms with Crippen molar-refractivity contribution >= 4 is 8.60 Å². The molecule has 0 spiro atoms. The van der Waals surface area contributed by atoms with Gasteiger partial charge in [0.2, 0.25) is 0 Å². The molecular weight excluding hydrogens is 235 g/mol. The highest BCUT2D eigenvalue weighted by molar-refractivity contribution is 7.39. The SMILES string of the molecule is CCCCC(CC(C)COP(O)O)C(C)(C)C. The third-order valence-electron chi connectivity index (χ3n) is 3.29. The highest BCUT2D eigenvalue weighted by Gasteiger charge is 2.25. The largest absolute Gasteiger partial charge is 0.328 e. The first-order valence-electron chi connectivity index (χ1n) is 6.58. The Balaban J connectivity index is 4.13. The van der Waals surface area contributed by atoms with Crippen LogP contribution in [-0.2, 0) is 4.52 Å². The predicted molar refractivity (Wildman–Crippen MR) is 73.6 cm³/mol. The minimum absolute atomic E-state index is 0.312. The first-order chi connectivity index (χ1) is 7.77. The lowest BCUT2D eigenvalue weighted by molar-refractivity contribution is 0.148. The average Bonchev–Trinajstić information content (AvgIpc) is 2.19. The molecule has 0 rings (SSSR count). The van der Waals surface area contributed by atoms with Crippen molar-refractivity contribution in [2.75, 3.05) is 6.61 Å². The molecule has 17 heavy (non-hydrogen) atoms. The van der Waals surface area contributed by atoms with Crippen LogP contribution in [-0.4, -0.2) is 16.4 Å². The predicted octanol–water partition coefficient (Wildman–Crippen LogP) is 4.09. The normalized spacial score (nSPS) is 16.2. The Morgan fingerprint density at radius 3 is 2.24 bits per heavy atom. The second kappa shape index (κ2) is 8.42. The summed E-state index contributed by atoms with van der Waals surface area (Å²) in [6.07, 6.45) is 4.84. The summed E-state index contributed by atoms with van der Waals surface area (Å²) < 4.78 is 4.90. The molecule has 2 atom stereocenters. The standard InChI is InChI=1S/C13H29O3P/c1-6-7-8-12(13(3,4)5)9-11(2)10-16-17(14)15/h11-12,14-15H,6-10H2,1-5H3. The van der Waals surface area contributed by atoms with E-state index in [0.717, 1.165) is 6.42 Å². The summed E-state index contributed by atoms with van der Waals surface area (Å²) >= 11 is 0. The van der Waals surface area contributed by atoms with Gasteiger partial charge in [0.25, 0.3) is 0 Å². The highest BCUT2D eigenvalue weighted by Crippen LogP contribution is 2.36. The third-order valence-corrected chi connectivity index (χ3v) is 3.67. The van der Waals surface area contributed by atoms with Crippen LogP contribution in [0.5, 0.6) is 0 Å². The molecule has 0 bridgehead atoms. The van der Waals surface area contributed by atoms with Crippen molar-refractivity contribution in [2.45, 2.75) is 60.3 Å². The van der Waals surface area contributed by atoms with E-state index in [9.17, 15) is 0 Å². The average molecular weight is 264 g/mol. The van der Waals surface area contributed by atoms with Gasteiger partial charge < -0.3 is 14.3 Å². The molecule has 104 valence electrons. The van der Waals surface area contributed by atoms with E-state index >= 15 is 0 Å². The lowest BCUT2D eigenvalue weighted by Gasteiger charge is -2.33. The van der Waals surface area contributed by atoms with Crippen LogP contribution in [0, 0.1) is 17.3 Å². The number of unbranched alkanes of at least 4 members (excludes halogenated alkanes) is 1. The topological polar surface area (TPSA) is 49.7 Å². The van der Waals surface area contributed by atoms with Gasteiger partial charge in [-0.1, -0.05) is 47.5 Å². The van der Waals surface area contributed by atoms with Crippen LogP contribution in [0.15, 0.2) is 0 Å². The van der Waals surface area contributed by atoms with E-state index in [1.54, 1.807) is 0 Å². The lowest BCUT2D eigenvalue weighted by atomic mass is 9.74. The summed E-state index contributed by atoms with van der Waals surface area (Å²) in [6, 6.07) is 0. The van der Waals surface area contributed by atoms with Crippen LogP contribution in [0.1, 0.15) is 60.3 Å². The maximum Gasteiger partial charge on any atom is 0.327 e. The Labute approximate surface area is 108 Å².